The molecule has 0 radical (unpaired) electrons. The summed E-state index contributed by atoms with van der Waals surface area (Å²) < 4.78 is 0. The molecule has 3 nitrogen and oxygen atoms in total. The molecule has 0 aromatic heterocycles. The maximum Gasteiger partial charge on any atom is 0.133 e. The fraction of sp³-hybridized carbons (Fsp3) is 0.917. The lowest BCUT2D eigenvalue weighted by Crippen LogP contribution is -2.49. The zero-order valence-electron chi connectivity index (χ0n) is 10.1. The summed E-state index contributed by atoms with van der Waals surface area (Å²) in [5.41, 5.74) is 0.0660. The smallest absolute Gasteiger partial charge is 0.133 e. The third kappa shape index (κ3) is 3.28. The second kappa shape index (κ2) is 5.08. The van der Waals surface area contributed by atoms with E-state index in [-0.39, 0.29) is 18.1 Å². The fourth-order valence-electron chi connectivity index (χ4n) is 2.32. The second-order valence-electron chi connectivity index (χ2n) is 5.16. The average molecular weight is 213 g/mol. The van der Waals surface area contributed by atoms with E-state index in [1.807, 2.05) is 0 Å². The number of Topliss-reactive ketones (excluding diaryl/α,β-unsaturated/α-hetero) is 1. The molecule has 3 heteroatoms. The molecule has 1 aliphatic heterocycles. The van der Waals surface area contributed by atoms with Crippen molar-refractivity contribution in [3.63, 3.8) is 0 Å². The molecule has 1 aliphatic rings. The van der Waals surface area contributed by atoms with Crippen LogP contribution in [-0.4, -0.2) is 41.0 Å². The molecular formula is C12H23NO2. The van der Waals surface area contributed by atoms with Gasteiger partial charge < -0.3 is 5.11 Å². The lowest BCUT2D eigenvalue weighted by molar-refractivity contribution is -0.122. The maximum absolute atomic E-state index is 11.2. The summed E-state index contributed by atoms with van der Waals surface area (Å²) in [5, 5.41) is 8.99. The van der Waals surface area contributed by atoms with E-state index in [9.17, 15) is 4.79 Å². The molecule has 1 N–H and O–H groups in total. The Labute approximate surface area is 92.5 Å². The molecule has 1 fully saturated rings. The van der Waals surface area contributed by atoms with Crippen molar-refractivity contribution >= 4 is 5.78 Å². The Morgan fingerprint density at radius 1 is 1.40 bits per heavy atom. The van der Waals surface area contributed by atoms with Crippen LogP contribution < -0.4 is 0 Å². The summed E-state index contributed by atoms with van der Waals surface area (Å²) in [6, 6.07) is 0. The van der Waals surface area contributed by atoms with Gasteiger partial charge in [0.25, 0.3) is 0 Å². The number of carbonyl (C=O) groups is 1. The Kier molecular flexibility index (Phi) is 4.29. The lowest BCUT2D eigenvalue weighted by atomic mass is 9.89. The highest BCUT2D eigenvalue weighted by Crippen LogP contribution is 2.26. The van der Waals surface area contributed by atoms with Gasteiger partial charge >= 0.3 is 0 Å². The van der Waals surface area contributed by atoms with Crippen molar-refractivity contribution in [2.45, 2.75) is 45.6 Å². The monoisotopic (exact) mass is 213 g/mol. The van der Waals surface area contributed by atoms with Crippen molar-refractivity contribution in [1.29, 1.82) is 0 Å². The molecule has 0 atom stereocenters. The van der Waals surface area contributed by atoms with E-state index < -0.39 is 0 Å². The number of carbonyl (C=O) groups excluding carboxylic acids is 1. The van der Waals surface area contributed by atoms with Gasteiger partial charge in [0.1, 0.15) is 5.78 Å². The predicted molar refractivity (Wildman–Crippen MR) is 60.8 cm³/mol. The van der Waals surface area contributed by atoms with Crippen molar-refractivity contribution in [2.75, 3.05) is 19.7 Å². The highest BCUT2D eigenvalue weighted by Gasteiger charge is 2.31. The molecule has 0 aliphatic carbocycles. The van der Waals surface area contributed by atoms with Crippen LogP contribution in [0.25, 0.3) is 0 Å². The third-order valence-corrected chi connectivity index (χ3v) is 3.65. The summed E-state index contributed by atoms with van der Waals surface area (Å²) in [6.45, 7) is 8.22. The van der Waals surface area contributed by atoms with E-state index in [0.29, 0.717) is 5.78 Å². The minimum absolute atomic E-state index is 0.0660. The van der Waals surface area contributed by atoms with Crippen LogP contribution in [0.2, 0.25) is 0 Å². The van der Waals surface area contributed by atoms with Crippen LogP contribution in [0.1, 0.15) is 40.0 Å². The first-order chi connectivity index (χ1) is 6.97. The molecule has 88 valence electrons. The standard InChI is InChI=1S/C12H23NO2/c1-10(15)11-4-7-13(8-5-11)12(2,3)6-9-14/h11,14H,4-9H2,1-3H3. The highest BCUT2D eigenvalue weighted by molar-refractivity contribution is 5.78. The van der Waals surface area contributed by atoms with Gasteiger partial charge in [0.15, 0.2) is 0 Å². The molecule has 0 saturated carbocycles. The van der Waals surface area contributed by atoms with Gasteiger partial charge in [-0.25, -0.2) is 0 Å². The summed E-state index contributed by atoms with van der Waals surface area (Å²) >= 11 is 0. The van der Waals surface area contributed by atoms with Gasteiger partial charge in [-0.1, -0.05) is 0 Å². The first kappa shape index (κ1) is 12.7. The first-order valence-electron chi connectivity index (χ1n) is 5.84. The number of hydrogen-bond acceptors (Lipinski definition) is 3. The number of likely N-dealkylation sites (tertiary alicyclic amines) is 1. The SMILES string of the molecule is CC(=O)C1CCN(C(C)(C)CCO)CC1. The number of ketones is 1. The largest absolute Gasteiger partial charge is 0.396 e. The molecule has 0 aromatic carbocycles. The van der Waals surface area contributed by atoms with Crippen molar-refractivity contribution in [1.82, 2.24) is 4.90 Å². The fourth-order valence-corrected chi connectivity index (χ4v) is 2.32. The summed E-state index contributed by atoms with van der Waals surface area (Å²) in [6.07, 6.45) is 2.76. The van der Waals surface area contributed by atoms with Crippen molar-refractivity contribution < 1.29 is 9.90 Å². The highest BCUT2D eigenvalue weighted by atomic mass is 16.3. The quantitative estimate of drug-likeness (QED) is 0.768. The van der Waals surface area contributed by atoms with Gasteiger partial charge in [-0.2, -0.15) is 0 Å². The molecule has 1 heterocycles. The zero-order chi connectivity index (χ0) is 11.5. The van der Waals surface area contributed by atoms with Crippen LogP contribution in [0.4, 0.5) is 0 Å². The van der Waals surface area contributed by atoms with Crippen LogP contribution in [-0.2, 0) is 4.79 Å². The van der Waals surface area contributed by atoms with Gasteiger partial charge in [-0.05, 0) is 53.1 Å². The van der Waals surface area contributed by atoms with E-state index in [2.05, 4.69) is 18.7 Å². The number of hydrogen-bond donors (Lipinski definition) is 1. The zero-order valence-corrected chi connectivity index (χ0v) is 10.1. The van der Waals surface area contributed by atoms with Gasteiger partial charge in [-0.15, -0.1) is 0 Å². The number of aliphatic hydroxyl groups excluding tert-OH is 1. The Morgan fingerprint density at radius 3 is 2.33 bits per heavy atom. The maximum atomic E-state index is 11.2. The van der Waals surface area contributed by atoms with Crippen LogP contribution in [0, 0.1) is 5.92 Å². The van der Waals surface area contributed by atoms with Crippen LogP contribution in [0.15, 0.2) is 0 Å². The molecule has 0 spiro atoms. The topological polar surface area (TPSA) is 40.5 Å². The van der Waals surface area contributed by atoms with Gasteiger partial charge in [0, 0.05) is 18.1 Å². The molecule has 0 bridgehead atoms. The van der Waals surface area contributed by atoms with Gasteiger partial charge in [0.05, 0.1) is 0 Å². The Hall–Kier alpha value is -0.410. The average Bonchev–Trinajstić information content (AvgIpc) is 2.18. The summed E-state index contributed by atoms with van der Waals surface area (Å²) in [7, 11) is 0. The van der Waals surface area contributed by atoms with E-state index in [4.69, 9.17) is 5.11 Å². The molecule has 0 amide bonds. The number of aliphatic hydroxyl groups is 1. The van der Waals surface area contributed by atoms with Gasteiger partial charge in [0.2, 0.25) is 0 Å². The predicted octanol–water partition coefficient (Wildman–Crippen LogP) is 1.45. The molecule has 0 aromatic rings. The molecule has 1 saturated heterocycles. The molecule has 0 unspecified atom stereocenters. The van der Waals surface area contributed by atoms with Crippen LogP contribution in [0.5, 0.6) is 0 Å². The first-order valence-corrected chi connectivity index (χ1v) is 5.84. The van der Waals surface area contributed by atoms with Crippen molar-refractivity contribution in [3.05, 3.63) is 0 Å². The van der Waals surface area contributed by atoms with Crippen molar-refractivity contribution in [3.8, 4) is 0 Å². The van der Waals surface area contributed by atoms with Crippen molar-refractivity contribution in [2.24, 2.45) is 5.92 Å². The minimum atomic E-state index is 0.0660. The Morgan fingerprint density at radius 2 is 1.93 bits per heavy atom. The normalized spacial score (nSPS) is 20.5. The van der Waals surface area contributed by atoms with Crippen LogP contribution in [0.3, 0.4) is 0 Å². The van der Waals surface area contributed by atoms with Crippen LogP contribution >= 0.6 is 0 Å². The number of piperidine rings is 1. The Bertz CT molecular complexity index is 218. The van der Waals surface area contributed by atoms with E-state index >= 15 is 0 Å². The minimum Gasteiger partial charge on any atom is -0.396 e. The molecule has 15 heavy (non-hydrogen) atoms. The molecular weight excluding hydrogens is 190 g/mol. The van der Waals surface area contributed by atoms with E-state index in [0.717, 1.165) is 32.4 Å². The van der Waals surface area contributed by atoms with E-state index in [1.54, 1.807) is 6.92 Å². The third-order valence-electron chi connectivity index (χ3n) is 3.65. The Balaban J connectivity index is 2.46. The molecule has 1 rings (SSSR count). The van der Waals surface area contributed by atoms with E-state index in [1.165, 1.54) is 0 Å². The lowest BCUT2D eigenvalue weighted by Gasteiger charge is -2.42. The summed E-state index contributed by atoms with van der Waals surface area (Å²) in [5.74, 6) is 0.598. The second-order valence-corrected chi connectivity index (χ2v) is 5.16. The summed E-state index contributed by atoms with van der Waals surface area (Å²) in [4.78, 5) is 13.6. The number of rotatable bonds is 4. The van der Waals surface area contributed by atoms with Gasteiger partial charge in [-0.3, -0.25) is 9.69 Å². The number of nitrogens with zero attached hydrogens (tertiary/aromatic N) is 1.